The largest absolute Gasteiger partial charge is 0.466 e. The van der Waals surface area contributed by atoms with Gasteiger partial charge in [0.2, 0.25) is 5.91 Å². The highest BCUT2D eigenvalue weighted by Gasteiger charge is 2.69. The fourth-order valence-electron chi connectivity index (χ4n) is 6.41. The number of hydrogen-bond donors (Lipinski definition) is 0. The minimum atomic E-state index is -1.90. The van der Waals surface area contributed by atoms with Gasteiger partial charge in [0, 0.05) is 18.4 Å². The monoisotopic (exact) mass is 562 g/mol. The van der Waals surface area contributed by atoms with Gasteiger partial charge in [-0.1, -0.05) is 37.6 Å². The zero-order valence-electron chi connectivity index (χ0n) is 23.3. The van der Waals surface area contributed by atoms with Crippen molar-refractivity contribution in [3.05, 3.63) is 82.4 Å². The second kappa shape index (κ2) is 10.8. The summed E-state index contributed by atoms with van der Waals surface area (Å²) < 4.78 is 30.8. The number of carbonyl (C=O) groups excluding carboxylic acids is 4. The predicted octanol–water partition coefficient (Wildman–Crippen LogP) is 4.03. The molecule has 214 valence electrons. The van der Waals surface area contributed by atoms with Crippen LogP contribution in [-0.2, 0) is 38.8 Å². The van der Waals surface area contributed by atoms with E-state index in [9.17, 15) is 19.2 Å². The van der Waals surface area contributed by atoms with Crippen LogP contribution in [0.25, 0.3) is 6.08 Å². The van der Waals surface area contributed by atoms with Crippen molar-refractivity contribution in [3.8, 4) is 0 Å². The molecule has 1 unspecified atom stereocenters. The summed E-state index contributed by atoms with van der Waals surface area (Å²) in [5.41, 5.74) is -0.552. The lowest BCUT2D eigenvalue weighted by atomic mass is 9.58. The van der Waals surface area contributed by atoms with E-state index in [4.69, 9.17) is 14.2 Å². The third-order valence-corrected chi connectivity index (χ3v) is 8.01. The van der Waals surface area contributed by atoms with Crippen LogP contribution in [0, 0.1) is 11.7 Å². The van der Waals surface area contributed by atoms with E-state index in [1.807, 2.05) is 19.1 Å². The van der Waals surface area contributed by atoms with Crippen molar-refractivity contribution in [2.45, 2.75) is 38.1 Å². The number of halogens is 1. The first-order valence-electron chi connectivity index (χ1n) is 13.5. The molecule has 0 N–H and O–H groups in total. The molecule has 0 saturated heterocycles. The van der Waals surface area contributed by atoms with E-state index in [0.29, 0.717) is 24.2 Å². The van der Waals surface area contributed by atoms with Crippen molar-refractivity contribution in [2.75, 3.05) is 32.3 Å². The van der Waals surface area contributed by atoms with Crippen LogP contribution in [0.4, 0.5) is 10.1 Å². The fraction of sp³-hybridized carbons (Fsp3) is 0.355. The third kappa shape index (κ3) is 4.03. The van der Waals surface area contributed by atoms with Crippen LogP contribution in [0.5, 0.6) is 0 Å². The van der Waals surface area contributed by atoms with Crippen LogP contribution >= 0.6 is 0 Å². The van der Waals surface area contributed by atoms with E-state index in [0.717, 1.165) is 26.2 Å². The summed E-state index contributed by atoms with van der Waals surface area (Å²) in [5, 5.41) is 0. The third-order valence-electron chi connectivity index (χ3n) is 8.01. The molecular weight excluding hydrogens is 531 g/mol. The molecule has 0 aromatic heterocycles. The maximum Gasteiger partial charge on any atom is 0.355 e. The maximum atomic E-state index is 15.1. The molecule has 5 rings (SSSR count). The predicted molar refractivity (Wildman–Crippen MR) is 147 cm³/mol. The lowest BCUT2D eigenvalue weighted by molar-refractivity contribution is -0.158. The molecule has 3 aliphatic heterocycles. The molecule has 0 saturated carbocycles. The number of rotatable bonds is 7. The van der Waals surface area contributed by atoms with Gasteiger partial charge in [0.25, 0.3) is 0 Å². The van der Waals surface area contributed by atoms with E-state index in [1.165, 1.54) is 23.1 Å². The normalized spacial score (nSPS) is 22.3. The van der Waals surface area contributed by atoms with Crippen LogP contribution in [0.15, 0.2) is 59.9 Å². The molecule has 2 aromatic carbocycles. The zero-order chi connectivity index (χ0) is 29.5. The molecule has 3 atom stereocenters. The zero-order valence-corrected chi connectivity index (χ0v) is 23.3. The molecule has 0 bridgehead atoms. The van der Waals surface area contributed by atoms with E-state index in [1.54, 1.807) is 36.2 Å². The SMILES string of the molecule is CCCCN1C(=O)[C@]2(c3cc(F)ccc31)C(C(=O)OCC)C(C(=O)OC)=C(C(=O)OC)N1C=Cc3ccccc3[C@H]12. The number of hydrogen-bond acceptors (Lipinski definition) is 8. The molecule has 1 spiro atoms. The van der Waals surface area contributed by atoms with E-state index >= 15 is 4.39 Å². The number of methoxy groups -OCH3 is 2. The Hall–Kier alpha value is -4.47. The number of benzene rings is 2. The number of carbonyl (C=O) groups is 4. The number of unbranched alkanes of at least 4 members (excludes halogenated alkanes) is 1. The number of anilines is 1. The highest BCUT2D eigenvalue weighted by molar-refractivity contribution is 6.15. The number of amides is 1. The van der Waals surface area contributed by atoms with Crippen LogP contribution in [0.1, 0.15) is 49.4 Å². The molecule has 3 heterocycles. The summed E-state index contributed by atoms with van der Waals surface area (Å²) in [6, 6.07) is 10.2. The quantitative estimate of drug-likeness (QED) is 0.368. The molecule has 41 heavy (non-hydrogen) atoms. The summed E-state index contributed by atoms with van der Waals surface area (Å²) >= 11 is 0. The van der Waals surface area contributed by atoms with Gasteiger partial charge in [-0.3, -0.25) is 9.59 Å². The Morgan fingerprint density at radius 2 is 1.76 bits per heavy atom. The first-order valence-corrected chi connectivity index (χ1v) is 13.5. The van der Waals surface area contributed by atoms with E-state index in [-0.39, 0.29) is 23.4 Å². The van der Waals surface area contributed by atoms with Crippen LogP contribution in [0.3, 0.4) is 0 Å². The minimum absolute atomic E-state index is 0.0674. The number of esters is 3. The molecule has 1 amide bonds. The van der Waals surface area contributed by atoms with Crippen molar-refractivity contribution < 1.29 is 37.8 Å². The Kier molecular flexibility index (Phi) is 7.42. The standard InChI is InChI=1S/C31H31FN2O7/c1-5-7-15-33-22-13-12-19(32)17-21(22)31(30(33)38)24(28(36)41-6-2)23(27(35)39-3)25(29(37)40-4)34-16-14-18-10-8-9-11-20(18)26(31)34/h8-14,16-17,24,26H,5-7,15H2,1-4H3/t24?,26-,31+/m0/s1. The van der Waals surface area contributed by atoms with E-state index in [2.05, 4.69) is 0 Å². The first kappa shape index (κ1) is 28.1. The molecule has 0 radical (unpaired) electrons. The van der Waals surface area contributed by atoms with Crippen molar-refractivity contribution in [1.82, 2.24) is 4.90 Å². The van der Waals surface area contributed by atoms with Gasteiger partial charge in [0.1, 0.15) is 22.8 Å². The van der Waals surface area contributed by atoms with Crippen LogP contribution in [-0.4, -0.2) is 56.1 Å². The summed E-state index contributed by atoms with van der Waals surface area (Å²) in [6.45, 7) is 3.81. The van der Waals surface area contributed by atoms with Gasteiger partial charge in [0.15, 0.2) is 0 Å². The average Bonchev–Trinajstić information content (AvgIpc) is 3.21. The fourth-order valence-corrected chi connectivity index (χ4v) is 6.41. The topological polar surface area (TPSA) is 102 Å². The highest BCUT2D eigenvalue weighted by atomic mass is 19.1. The molecule has 0 aliphatic carbocycles. The van der Waals surface area contributed by atoms with Crippen LogP contribution in [0.2, 0.25) is 0 Å². The van der Waals surface area contributed by atoms with Crippen molar-refractivity contribution in [3.63, 3.8) is 0 Å². The number of fused-ring (bicyclic) bond motifs is 6. The summed E-state index contributed by atoms with van der Waals surface area (Å²) in [4.78, 5) is 59.1. The Bertz CT molecular complexity index is 1500. The number of nitrogens with zero attached hydrogens (tertiary/aromatic N) is 2. The Morgan fingerprint density at radius 3 is 2.44 bits per heavy atom. The minimum Gasteiger partial charge on any atom is -0.466 e. The average molecular weight is 563 g/mol. The van der Waals surface area contributed by atoms with E-state index < -0.39 is 47.0 Å². The Balaban J connectivity index is 1.98. The molecule has 3 aliphatic rings. The highest BCUT2D eigenvalue weighted by Crippen LogP contribution is 2.62. The smallest absolute Gasteiger partial charge is 0.355 e. The van der Waals surface area contributed by atoms with Gasteiger partial charge >= 0.3 is 17.9 Å². The molecule has 10 heteroatoms. The second-order valence-electron chi connectivity index (χ2n) is 10.0. The molecule has 2 aromatic rings. The summed E-state index contributed by atoms with van der Waals surface area (Å²) in [5.74, 6) is -5.62. The van der Waals surface area contributed by atoms with Gasteiger partial charge in [-0.15, -0.1) is 0 Å². The van der Waals surface area contributed by atoms with Crippen LogP contribution < -0.4 is 4.90 Å². The number of ether oxygens (including phenoxy) is 3. The second-order valence-corrected chi connectivity index (χ2v) is 10.0. The van der Waals surface area contributed by atoms with Crippen molar-refractivity contribution >= 4 is 35.6 Å². The van der Waals surface area contributed by atoms with Crippen molar-refractivity contribution in [2.24, 2.45) is 5.92 Å². The van der Waals surface area contributed by atoms with Gasteiger partial charge in [-0.2, -0.15) is 0 Å². The lowest BCUT2D eigenvalue weighted by Crippen LogP contribution is -2.61. The van der Waals surface area contributed by atoms with Gasteiger partial charge in [0.05, 0.1) is 32.4 Å². The van der Waals surface area contributed by atoms with Gasteiger partial charge in [-0.25, -0.2) is 14.0 Å². The van der Waals surface area contributed by atoms with Gasteiger partial charge in [-0.05, 0) is 54.3 Å². The summed E-state index contributed by atoms with van der Waals surface area (Å²) in [7, 11) is 2.27. The lowest BCUT2D eigenvalue weighted by Gasteiger charge is -2.52. The molecule has 0 fully saturated rings. The maximum absolute atomic E-state index is 15.1. The Morgan fingerprint density at radius 1 is 1.02 bits per heavy atom. The molecular formula is C31H31FN2O7. The molecule has 9 nitrogen and oxygen atoms in total. The first-order chi connectivity index (χ1) is 19.8. The summed E-state index contributed by atoms with van der Waals surface area (Å²) in [6.07, 6.45) is 4.73. The van der Waals surface area contributed by atoms with Gasteiger partial charge < -0.3 is 24.0 Å². The Labute approximate surface area is 237 Å². The van der Waals surface area contributed by atoms with Crippen molar-refractivity contribution in [1.29, 1.82) is 0 Å².